The molecule has 1 saturated heterocycles. The van der Waals surface area contributed by atoms with Crippen LogP contribution in [0.15, 0.2) is 41.6 Å². The fraction of sp³-hybridized carbons (Fsp3) is 0.368. The van der Waals surface area contributed by atoms with Crippen LogP contribution in [0.25, 0.3) is 11.8 Å². The van der Waals surface area contributed by atoms with Gasteiger partial charge in [0.05, 0.1) is 31.4 Å². The normalized spacial score (nSPS) is 23.3. The third kappa shape index (κ3) is 2.89. The van der Waals surface area contributed by atoms with Gasteiger partial charge in [0.2, 0.25) is 5.84 Å². The highest BCUT2D eigenvalue weighted by Crippen LogP contribution is 2.29. The number of amidine groups is 1. The zero-order valence-electron chi connectivity index (χ0n) is 15.3. The van der Waals surface area contributed by atoms with Crippen molar-refractivity contribution in [3.05, 3.63) is 47.7 Å². The summed E-state index contributed by atoms with van der Waals surface area (Å²) in [5.41, 5.74) is 2.86. The number of hydrogen-bond donors (Lipinski definition) is 0. The minimum atomic E-state index is -0.0684. The van der Waals surface area contributed by atoms with Gasteiger partial charge in [-0.1, -0.05) is 11.2 Å². The van der Waals surface area contributed by atoms with Crippen LogP contribution in [-0.2, 0) is 9.57 Å². The first-order chi connectivity index (χ1) is 12.5. The number of benzene rings is 1. The molecule has 2 aliphatic rings. The molecule has 0 amide bonds. The van der Waals surface area contributed by atoms with E-state index in [-0.39, 0.29) is 12.3 Å². The summed E-state index contributed by atoms with van der Waals surface area (Å²) in [6.45, 7) is 6.75. The van der Waals surface area contributed by atoms with Gasteiger partial charge >= 0.3 is 0 Å². The molecule has 0 N–H and O–H groups in total. The number of morpholine rings is 1. The van der Waals surface area contributed by atoms with Gasteiger partial charge in [0.15, 0.2) is 12.0 Å². The highest BCUT2D eigenvalue weighted by atomic mass is 16.7. The van der Waals surface area contributed by atoms with Crippen molar-refractivity contribution in [1.29, 1.82) is 0 Å². The first kappa shape index (κ1) is 16.5. The maximum absolute atomic E-state index is 6.00. The second-order valence-electron chi connectivity index (χ2n) is 6.56. The van der Waals surface area contributed by atoms with E-state index in [4.69, 9.17) is 14.3 Å². The Morgan fingerprint density at radius 3 is 2.88 bits per heavy atom. The summed E-state index contributed by atoms with van der Waals surface area (Å²) in [5, 5.41) is 4.17. The number of rotatable bonds is 3. The molecule has 136 valence electrons. The van der Waals surface area contributed by atoms with E-state index in [0.29, 0.717) is 5.76 Å². The zero-order chi connectivity index (χ0) is 18.3. The predicted octanol–water partition coefficient (Wildman–Crippen LogP) is 2.94. The van der Waals surface area contributed by atoms with Crippen molar-refractivity contribution in [2.45, 2.75) is 33.1 Å². The van der Waals surface area contributed by atoms with Crippen LogP contribution in [0, 0.1) is 6.92 Å². The van der Waals surface area contributed by atoms with Gasteiger partial charge in [0.1, 0.15) is 11.9 Å². The lowest BCUT2D eigenvalue weighted by Crippen LogP contribution is -2.45. The molecule has 2 aliphatic heterocycles. The molecule has 0 spiro atoms. The molecule has 0 saturated carbocycles. The van der Waals surface area contributed by atoms with Crippen LogP contribution in [0.5, 0.6) is 5.75 Å². The first-order valence-electron chi connectivity index (χ1n) is 8.63. The number of aryl methyl sites for hydroxylation is 1. The van der Waals surface area contributed by atoms with Crippen LogP contribution in [0.2, 0.25) is 0 Å². The molecule has 2 aromatic rings. The summed E-state index contributed by atoms with van der Waals surface area (Å²) in [7, 11) is 1.66. The summed E-state index contributed by atoms with van der Waals surface area (Å²) >= 11 is 0. The van der Waals surface area contributed by atoms with Crippen LogP contribution >= 0.6 is 0 Å². The number of hydrogen-bond acceptors (Lipinski definition) is 6. The number of nitrogens with zero attached hydrogens (tertiary/aromatic N) is 4. The van der Waals surface area contributed by atoms with E-state index in [1.165, 1.54) is 0 Å². The van der Waals surface area contributed by atoms with Crippen LogP contribution in [0.4, 0.5) is 0 Å². The lowest BCUT2D eigenvalue weighted by Gasteiger charge is -2.32. The van der Waals surface area contributed by atoms with Gasteiger partial charge in [0, 0.05) is 6.20 Å². The molecule has 0 aliphatic carbocycles. The Balaban J connectivity index is 1.69. The number of aromatic nitrogens is 2. The molecule has 2 atom stereocenters. The molecule has 1 fully saturated rings. The molecular weight excluding hydrogens is 332 g/mol. The monoisotopic (exact) mass is 354 g/mol. The third-order valence-corrected chi connectivity index (χ3v) is 4.50. The Bertz CT molecular complexity index is 887. The minimum absolute atomic E-state index is 0.0684. The number of ether oxygens (including phenoxy) is 2. The Morgan fingerprint density at radius 1 is 1.31 bits per heavy atom. The van der Waals surface area contributed by atoms with Crippen molar-refractivity contribution in [1.82, 2.24) is 14.5 Å². The maximum atomic E-state index is 6.00. The number of methoxy groups -OCH3 is 1. The SMILES string of the molecule is COc1cc(/C=C2/O[C@H](C)CN3C2=NO[C@H]3C)ccc1-n1cnc(C)c1. The molecule has 1 aromatic carbocycles. The van der Waals surface area contributed by atoms with E-state index >= 15 is 0 Å². The van der Waals surface area contributed by atoms with Crippen LogP contribution < -0.4 is 4.74 Å². The van der Waals surface area contributed by atoms with Gasteiger partial charge in [-0.25, -0.2) is 4.98 Å². The Hall–Kier alpha value is -2.96. The van der Waals surface area contributed by atoms with Gasteiger partial charge in [0.25, 0.3) is 0 Å². The van der Waals surface area contributed by atoms with Crippen LogP contribution in [-0.4, -0.2) is 46.3 Å². The predicted molar refractivity (Wildman–Crippen MR) is 98.1 cm³/mol. The molecule has 3 heterocycles. The second kappa shape index (κ2) is 6.40. The molecule has 7 heteroatoms. The molecule has 7 nitrogen and oxygen atoms in total. The van der Waals surface area contributed by atoms with E-state index < -0.39 is 0 Å². The van der Waals surface area contributed by atoms with E-state index in [2.05, 4.69) is 15.0 Å². The Kier molecular flexibility index (Phi) is 4.06. The van der Waals surface area contributed by atoms with Crippen LogP contribution in [0.3, 0.4) is 0 Å². The second-order valence-corrected chi connectivity index (χ2v) is 6.56. The van der Waals surface area contributed by atoms with E-state index in [1.54, 1.807) is 13.4 Å². The molecule has 0 radical (unpaired) electrons. The molecule has 0 unspecified atom stereocenters. The summed E-state index contributed by atoms with van der Waals surface area (Å²) in [6.07, 6.45) is 5.71. The van der Waals surface area contributed by atoms with Gasteiger partial charge < -0.3 is 23.8 Å². The number of oxime groups is 1. The summed E-state index contributed by atoms with van der Waals surface area (Å²) in [4.78, 5) is 11.8. The summed E-state index contributed by atoms with van der Waals surface area (Å²) in [6, 6.07) is 6.00. The van der Waals surface area contributed by atoms with Gasteiger partial charge in [-0.2, -0.15) is 0 Å². The first-order valence-corrected chi connectivity index (χ1v) is 8.63. The lowest BCUT2D eigenvalue weighted by molar-refractivity contribution is -0.00143. The topological polar surface area (TPSA) is 61.1 Å². The van der Waals surface area contributed by atoms with Crippen molar-refractivity contribution in [3.8, 4) is 11.4 Å². The van der Waals surface area contributed by atoms with E-state index in [1.807, 2.05) is 55.8 Å². The Morgan fingerprint density at radius 2 is 2.15 bits per heavy atom. The molecule has 1 aromatic heterocycles. The van der Waals surface area contributed by atoms with Gasteiger partial charge in [-0.05, 0) is 44.5 Å². The van der Waals surface area contributed by atoms with Crippen LogP contribution in [0.1, 0.15) is 25.1 Å². The fourth-order valence-electron chi connectivity index (χ4n) is 3.21. The smallest absolute Gasteiger partial charge is 0.213 e. The largest absolute Gasteiger partial charge is 0.495 e. The number of imidazole rings is 1. The zero-order valence-corrected chi connectivity index (χ0v) is 15.3. The quantitative estimate of drug-likeness (QED) is 0.848. The lowest BCUT2D eigenvalue weighted by atomic mass is 10.1. The molecule has 4 rings (SSSR count). The average molecular weight is 354 g/mol. The summed E-state index contributed by atoms with van der Waals surface area (Å²) < 4.78 is 13.5. The van der Waals surface area contributed by atoms with E-state index in [0.717, 1.165) is 35.1 Å². The fourth-order valence-corrected chi connectivity index (χ4v) is 3.21. The van der Waals surface area contributed by atoms with Crippen molar-refractivity contribution in [2.75, 3.05) is 13.7 Å². The van der Waals surface area contributed by atoms with Crippen molar-refractivity contribution in [2.24, 2.45) is 5.16 Å². The highest BCUT2D eigenvalue weighted by molar-refractivity contribution is 6.01. The molecule has 26 heavy (non-hydrogen) atoms. The Labute approximate surface area is 152 Å². The van der Waals surface area contributed by atoms with Crippen molar-refractivity contribution < 1.29 is 14.3 Å². The molecular formula is C19H22N4O3. The molecule has 0 bridgehead atoms. The van der Waals surface area contributed by atoms with Crippen molar-refractivity contribution >= 4 is 11.9 Å². The van der Waals surface area contributed by atoms with Crippen molar-refractivity contribution in [3.63, 3.8) is 0 Å². The highest BCUT2D eigenvalue weighted by Gasteiger charge is 2.36. The maximum Gasteiger partial charge on any atom is 0.213 e. The third-order valence-electron chi connectivity index (χ3n) is 4.50. The summed E-state index contributed by atoms with van der Waals surface area (Å²) in [5.74, 6) is 2.21. The average Bonchev–Trinajstić information content (AvgIpc) is 3.21. The number of fused-ring (bicyclic) bond motifs is 1. The minimum Gasteiger partial charge on any atom is -0.495 e. The van der Waals surface area contributed by atoms with Gasteiger partial charge in [-0.3, -0.25) is 0 Å². The standard InChI is InChI=1S/C19H22N4O3/c1-12-9-22(11-20-12)16-6-5-15(7-17(16)24-4)8-18-19-21-26-14(3)23(19)10-13(2)25-18/h5-9,11,13-14H,10H2,1-4H3/b18-8+/t13-,14+/m1/s1. The van der Waals surface area contributed by atoms with E-state index in [9.17, 15) is 0 Å². The van der Waals surface area contributed by atoms with Gasteiger partial charge in [-0.15, -0.1) is 0 Å².